The molecule has 3 aromatic heterocycles. The van der Waals surface area contributed by atoms with E-state index in [1.54, 1.807) is 18.5 Å². The predicted molar refractivity (Wildman–Crippen MR) is 144 cm³/mol. The highest BCUT2D eigenvalue weighted by Crippen LogP contribution is 2.29. The van der Waals surface area contributed by atoms with Crippen LogP contribution in [0.25, 0.3) is 33.3 Å². The largest absolute Gasteiger partial charge is 0.398 e. The van der Waals surface area contributed by atoms with Crippen molar-refractivity contribution < 1.29 is 4.39 Å². The molecule has 0 amide bonds. The van der Waals surface area contributed by atoms with Crippen LogP contribution in [0, 0.1) is 11.2 Å². The van der Waals surface area contributed by atoms with Gasteiger partial charge in [-0.05, 0) is 73.0 Å². The van der Waals surface area contributed by atoms with Crippen molar-refractivity contribution in [1.29, 1.82) is 5.41 Å². The van der Waals surface area contributed by atoms with Gasteiger partial charge in [0.15, 0.2) is 5.82 Å². The lowest BCUT2D eigenvalue weighted by Crippen LogP contribution is -2.18. The summed E-state index contributed by atoms with van der Waals surface area (Å²) in [5.41, 5.74) is 13.3. The quantitative estimate of drug-likeness (QED) is 0.217. The van der Waals surface area contributed by atoms with E-state index in [9.17, 15) is 4.39 Å². The van der Waals surface area contributed by atoms with Gasteiger partial charge in [0.1, 0.15) is 11.5 Å². The van der Waals surface area contributed by atoms with E-state index in [1.165, 1.54) is 30.5 Å². The van der Waals surface area contributed by atoms with Gasteiger partial charge in [-0.3, -0.25) is 20.3 Å². The number of aromatic amines is 1. The summed E-state index contributed by atoms with van der Waals surface area (Å²) >= 11 is 0. The molecule has 0 unspecified atom stereocenters. The Hall–Kier alpha value is -4.43. The summed E-state index contributed by atoms with van der Waals surface area (Å²) in [6, 6.07) is 14.1. The Balaban J connectivity index is 1.34. The number of likely N-dealkylation sites (tertiary alicyclic amines) is 1. The molecule has 6 rings (SSSR count). The maximum absolute atomic E-state index is 13.9. The second kappa shape index (κ2) is 9.55. The van der Waals surface area contributed by atoms with Crippen LogP contribution < -0.4 is 5.73 Å². The number of nitrogens with zero attached hydrogens (tertiary/aromatic N) is 4. The molecule has 0 radical (unpaired) electrons. The number of halogens is 1. The van der Waals surface area contributed by atoms with E-state index in [1.807, 2.05) is 36.7 Å². The highest BCUT2D eigenvalue weighted by atomic mass is 19.1. The normalized spacial score (nSPS) is 13.9. The zero-order valence-corrected chi connectivity index (χ0v) is 20.2. The third-order valence-electron chi connectivity index (χ3n) is 6.82. The first-order valence-electron chi connectivity index (χ1n) is 12.3. The molecule has 0 bridgehead atoms. The van der Waals surface area contributed by atoms with Crippen molar-refractivity contribution in [2.75, 3.05) is 18.8 Å². The topological polar surface area (TPSA) is 108 Å². The summed E-state index contributed by atoms with van der Waals surface area (Å²) in [7, 11) is 0. The molecule has 0 atom stereocenters. The van der Waals surface area contributed by atoms with Crippen LogP contribution in [0.5, 0.6) is 0 Å². The number of imidazole rings is 1. The van der Waals surface area contributed by atoms with E-state index in [0.717, 1.165) is 30.8 Å². The van der Waals surface area contributed by atoms with Gasteiger partial charge < -0.3 is 10.7 Å². The fourth-order valence-electron chi connectivity index (χ4n) is 4.93. The molecule has 37 heavy (non-hydrogen) atoms. The SMILES string of the molecule is N=C(c1nc2c(-c3cccc(F)c3)cncc2[nH]1)c1cc(-c2cncc(CN3CCCC3)c2)ccc1N. The lowest BCUT2D eigenvalue weighted by atomic mass is 9.99. The van der Waals surface area contributed by atoms with E-state index in [0.29, 0.717) is 39.2 Å². The van der Waals surface area contributed by atoms with E-state index in [2.05, 4.69) is 25.9 Å². The number of fused-ring (bicyclic) bond motifs is 1. The number of hydrogen-bond donors (Lipinski definition) is 3. The maximum Gasteiger partial charge on any atom is 0.157 e. The summed E-state index contributed by atoms with van der Waals surface area (Å²) in [6.45, 7) is 3.14. The van der Waals surface area contributed by atoms with Crippen LogP contribution in [0.4, 0.5) is 10.1 Å². The highest BCUT2D eigenvalue weighted by molar-refractivity contribution is 6.13. The number of anilines is 1. The molecule has 1 fully saturated rings. The second-order valence-electron chi connectivity index (χ2n) is 9.42. The molecule has 4 N–H and O–H groups in total. The number of H-pyrrole nitrogens is 1. The second-order valence-corrected chi connectivity index (χ2v) is 9.42. The Bertz CT molecular complexity index is 1620. The Morgan fingerprint density at radius 2 is 1.78 bits per heavy atom. The van der Waals surface area contributed by atoms with Gasteiger partial charge in [-0.1, -0.05) is 18.2 Å². The van der Waals surface area contributed by atoms with Gasteiger partial charge >= 0.3 is 0 Å². The maximum atomic E-state index is 13.9. The molecule has 184 valence electrons. The van der Waals surface area contributed by atoms with E-state index < -0.39 is 0 Å². The van der Waals surface area contributed by atoms with Crippen LogP contribution in [0.2, 0.25) is 0 Å². The molecule has 2 aromatic carbocycles. The van der Waals surface area contributed by atoms with Gasteiger partial charge in [0.25, 0.3) is 0 Å². The van der Waals surface area contributed by atoms with Crippen LogP contribution in [-0.4, -0.2) is 43.6 Å². The standard InChI is InChI=1S/C29H26FN7/c30-22-5-3-4-20(11-22)24-15-34-16-26-28(24)36-29(35-26)27(32)23-12-19(6-7-25(23)31)21-10-18(13-33-14-21)17-37-8-1-2-9-37/h3-7,10-16,32H,1-2,8-9,17,31H2,(H,35,36). The third kappa shape index (κ3) is 4.59. The first kappa shape index (κ1) is 23.0. The van der Waals surface area contributed by atoms with Crippen LogP contribution in [0.15, 0.2) is 73.3 Å². The molecule has 1 aliphatic rings. The third-order valence-corrected chi connectivity index (χ3v) is 6.82. The van der Waals surface area contributed by atoms with Crippen LogP contribution in [0.1, 0.15) is 29.8 Å². The number of nitrogens with one attached hydrogen (secondary N) is 2. The summed E-state index contributed by atoms with van der Waals surface area (Å²) in [6.07, 6.45) is 9.56. The van der Waals surface area contributed by atoms with Crippen molar-refractivity contribution in [2.45, 2.75) is 19.4 Å². The number of hydrogen-bond acceptors (Lipinski definition) is 6. The molecule has 5 aromatic rings. The minimum absolute atomic E-state index is 0.168. The van der Waals surface area contributed by atoms with Gasteiger partial charge in [-0.15, -0.1) is 0 Å². The Morgan fingerprint density at radius 1 is 0.946 bits per heavy atom. The van der Waals surface area contributed by atoms with E-state index in [4.69, 9.17) is 16.1 Å². The molecule has 8 heteroatoms. The number of aromatic nitrogens is 4. The first-order valence-corrected chi connectivity index (χ1v) is 12.3. The number of benzene rings is 2. The zero-order valence-electron chi connectivity index (χ0n) is 20.2. The molecule has 1 saturated heterocycles. The Kier molecular flexibility index (Phi) is 5.94. The smallest absolute Gasteiger partial charge is 0.157 e. The minimum Gasteiger partial charge on any atom is -0.398 e. The van der Waals surface area contributed by atoms with Crippen molar-refractivity contribution >= 4 is 22.4 Å². The first-order chi connectivity index (χ1) is 18.0. The Morgan fingerprint density at radius 3 is 2.62 bits per heavy atom. The van der Waals surface area contributed by atoms with E-state index in [-0.39, 0.29) is 11.5 Å². The van der Waals surface area contributed by atoms with Crippen molar-refractivity contribution in [3.05, 3.63) is 96.1 Å². The van der Waals surface area contributed by atoms with E-state index >= 15 is 0 Å². The molecule has 7 nitrogen and oxygen atoms in total. The summed E-state index contributed by atoms with van der Waals surface area (Å²) < 4.78 is 13.9. The van der Waals surface area contributed by atoms with Crippen molar-refractivity contribution in [1.82, 2.24) is 24.8 Å². The molecule has 1 aliphatic heterocycles. The predicted octanol–water partition coefficient (Wildman–Crippen LogP) is 5.42. The monoisotopic (exact) mass is 491 g/mol. The molecule has 0 aliphatic carbocycles. The van der Waals surface area contributed by atoms with Crippen LogP contribution in [-0.2, 0) is 6.54 Å². The fraction of sp³-hybridized carbons (Fsp3) is 0.172. The van der Waals surface area contributed by atoms with Crippen molar-refractivity contribution in [3.8, 4) is 22.3 Å². The summed E-state index contributed by atoms with van der Waals surface area (Å²) in [5, 5.41) is 8.93. The van der Waals surface area contributed by atoms with Crippen molar-refractivity contribution in [3.63, 3.8) is 0 Å². The summed E-state index contributed by atoms with van der Waals surface area (Å²) in [4.78, 5) is 19.1. The molecular formula is C29H26FN7. The summed E-state index contributed by atoms with van der Waals surface area (Å²) in [5.74, 6) is 0.0343. The fourth-order valence-corrected chi connectivity index (χ4v) is 4.93. The average Bonchev–Trinajstić information content (AvgIpc) is 3.58. The molecule has 0 saturated carbocycles. The molecule has 0 spiro atoms. The lowest BCUT2D eigenvalue weighted by Gasteiger charge is -2.15. The zero-order chi connectivity index (χ0) is 25.4. The van der Waals surface area contributed by atoms with Gasteiger partial charge in [-0.2, -0.15) is 0 Å². The van der Waals surface area contributed by atoms with Crippen LogP contribution >= 0.6 is 0 Å². The van der Waals surface area contributed by atoms with Crippen LogP contribution in [0.3, 0.4) is 0 Å². The molecule has 4 heterocycles. The van der Waals surface area contributed by atoms with Gasteiger partial charge in [0.2, 0.25) is 0 Å². The van der Waals surface area contributed by atoms with Gasteiger partial charge in [0, 0.05) is 47.5 Å². The lowest BCUT2D eigenvalue weighted by molar-refractivity contribution is 0.331. The average molecular weight is 492 g/mol. The number of rotatable bonds is 6. The Labute approximate surface area is 213 Å². The number of nitrogen functional groups attached to an aromatic ring is 1. The molecular weight excluding hydrogens is 465 g/mol. The van der Waals surface area contributed by atoms with Crippen molar-refractivity contribution in [2.24, 2.45) is 0 Å². The highest BCUT2D eigenvalue weighted by Gasteiger charge is 2.17. The number of pyridine rings is 2. The van der Waals surface area contributed by atoms with Gasteiger partial charge in [-0.25, -0.2) is 9.37 Å². The van der Waals surface area contributed by atoms with Gasteiger partial charge in [0.05, 0.1) is 17.2 Å². The number of nitrogens with two attached hydrogens (primary N) is 1. The minimum atomic E-state index is -0.332.